The minimum Gasteiger partial charge on any atom is -0.448 e. The van der Waals surface area contributed by atoms with Gasteiger partial charge in [0.05, 0.1) is 17.5 Å². The van der Waals surface area contributed by atoms with Crippen LogP contribution in [0.3, 0.4) is 0 Å². The number of aromatic nitrogens is 5. The zero-order valence-electron chi connectivity index (χ0n) is 15.7. The highest BCUT2D eigenvalue weighted by Crippen LogP contribution is 2.40. The standard InChI is InChI=1S/C21H18N6OS/c1-2-29-21-24-20-18(26-27-21)14-10-6-7-11-16(14)23-19(28-20)15-12-22-25-17(15)13-8-4-3-5-9-13/h3-12,19,23H,2H2,1H3,(H,22,25)/t19-/m1/s1. The molecule has 2 N–H and O–H groups in total. The van der Waals surface area contributed by atoms with E-state index in [1.807, 2.05) is 54.6 Å². The average Bonchev–Trinajstić information content (AvgIpc) is 3.19. The fourth-order valence-corrected chi connectivity index (χ4v) is 3.81. The molecule has 0 aliphatic carbocycles. The third-order valence-electron chi connectivity index (χ3n) is 4.62. The Balaban J connectivity index is 1.62. The largest absolute Gasteiger partial charge is 0.448 e. The summed E-state index contributed by atoms with van der Waals surface area (Å²) >= 11 is 1.53. The van der Waals surface area contributed by atoms with Crippen LogP contribution in [0.2, 0.25) is 0 Å². The van der Waals surface area contributed by atoms with Crippen molar-refractivity contribution in [3.8, 4) is 28.4 Å². The Morgan fingerprint density at radius 2 is 1.86 bits per heavy atom. The molecule has 2 aromatic carbocycles. The number of benzene rings is 2. The van der Waals surface area contributed by atoms with Gasteiger partial charge >= 0.3 is 0 Å². The van der Waals surface area contributed by atoms with E-state index in [4.69, 9.17) is 4.74 Å². The molecule has 0 spiro atoms. The molecule has 0 unspecified atom stereocenters. The normalized spacial score (nSPS) is 14.9. The number of rotatable bonds is 4. The monoisotopic (exact) mass is 402 g/mol. The van der Waals surface area contributed by atoms with Crippen molar-refractivity contribution >= 4 is 17.4 Å². The maximum absolute atomic E-state index is 6.33. The molecule has 2 aromatic heterocycles. The topological polar surface area (TPSA) is 88.6 Å². The maximum atomic E-state index is 6.33. The van der Waals surface area contributed by atoms with E-state index in [2.05, 4.69) is 37.6 Å². The summed E-state index contributed by atoms with van der Waals surface area (Å²) in [5.41, 5.74) is 5.26. The van der Waals surface area contributed by atoms with Crippen molar-refractivity contribution in [3.63, 3.8) is 0 Å². The Kier molecular flexibility index (Phi) is 4.61. The summed E-state index contributed by atoms with van der Waals surface area (Å²) in [6, 6.07) is 18.0. The number of nitrogens with one attached hydrogen (secondary N) is 2. The van der Waals surface area contributed by atoms with Crippen molar-refractivity contribution < 1.29 is 4.74 Å². The van der Waals surface area contributed by atoms with Gasteiger partial charge in [0, 0.05) is 16.8 Å². The van der Waals surface area contributed by atoms with E-state index in [0.29, 0.717) is 16.7 Å². The Hall–Kier alpha value is -3.39. The van der Waals surface area contributed by atoms with Gasteiger partial charge in [-0.15, -0.1) is 10.2 Å². The minimum absolute atomic E-state index is 0.457. The van der Waals surface area contributed by atoms with Crippen molar-refractivity contribution in [2.24, 2.45) is 0 Å². The first kappa shape index (κ1) is 17.7. The van der Waals surface area contributed by atoms with Gasteiger partial charge in [-0.05, 0) is 11.8 Å². The van der Waals surface area contributed by atoms with Crippen LogP contribution < -0.4 is 10.1 Å². The molecule has 0 amide bonds. The van der Waals surface area contributed by atoms with E-state index in [1.165, 1.54) is 11.8 Å². The molecular formula is C21H18N6OS. The summed E-state index contributed by atoms with van der Waals surface area (Å²) < 4.78 is 6.33. The molecule has 0 saturated heterocycles. The second-order valence-electron chi connectivity index (χ2n) is 6.44. The van der Waals surface area contributed by atoms with Gasteiger partial charge in [0.1, 0.15) is 0 Å². The molecule has 144 valence electrons. The number of H-pyrrole nitrogens is 1. The lowest BCUT2D eigenvalue weighted by Gasteiger charge is -2.19. The van der Waals surface area contributed by atoms with Gasteiger partial charge in [0.2, 0.25) is 17.3 Å². The highest BCUT2D eigenvalue weighted by Gasteiger charge is 2.28. The number of thioether (sulfide) groups is 1. The van der Waals surface area contributed by atoms with Crippen molar-refractivity contribution in [3.05, 3.63) is 66.4 Å². The van der Waals surface area contributed by atoms with Gasteiger partial charge in [0.15, 0.2) is 5.69 Å². The lowest BCUT2D eigenvalue weighted by Crippen LogP contribution is -2.17. The van der Waals surface area contributed by atoms with Crippen LogP contribution in [0, 0.1) is 0 Å². The fourth-order valence-electron chi connectivity index (χ4n) is 3.31. The average molecular weight is 402 g/mol. The number of fused-ring (bicyclic) bond motifs is 3. The van der Waals surface area contributed by atoms with Crippen LogP contribution in [0.25, 0.3) is 22.5 Å². The van der Waals surface area contributed by atoms with E-state index < -0.39 is 6.23 Å². The van der Waals surface area contributed by atoms with Crippen LogP contribution >= 0.6 is 11.8 Å². The van der Waals surface area contributed by atoms with E-state index in [0.717, 1.165) is 33.8 Å². The molecule has 4 aromatic rings. The number of hydrogen-bond acceptors (Lipinski definition) is 7. The Labute approximate surface area is 172 Å². The second-order valence-corrected chi connectivity index (χ2v) is 7.67. The Morgan fingerprint density at radius 3 is 2.72 bits per heavy atom. The first-order valence-electron chi connectivity index (χ1n) is 9.32. The molecule has 7 nitrogen and oxygen atoms in total. The Morgan fingerprint density at radius 1 is 1.03 bits per heavy atom. The van der Waals surface area contributed by atoms with Crippen LogP contribution in [-0.2, 0) is 0 Å². The molecular weight excluding hydrogens is 384 g/mol. The second kappa shape index (κ2) is 7.56. The zero-order valence-corrected chi connectivity index (χ0v) is 16.5. The molecule has 0 saturated carbocycles. The van der Waals surface area contributed by atoms with Gasteiger partial charge in [0.25, 0.3) is 0 Å². The van der Waals surface area contributed by atoms with Crippen LogP contribution in [-0.4, -0.2) is 31.1 Å². The van der Waals surface area contributed by atoms with Crippen molar-refractivity contribution in [2.75, 3.05) is 11.1 Å². The number of hydrogen-bond donors (Lipinski definition) is 2. The molecule has 1 aliphatic heterocycles. The van der Waals surface area contributed by atoms with Crippen molar-refractivity contribution in [1.82, 2.24) is 25.4 Å². The van der Waals surface area contributed by atoms with Crippen molar-refractivity contribution in [1.29, 1.82) is 0 Å². The SMILES string of the molecule is CCSc1nnc2c(n1)O[C@H](c1cn[nH]c1-c1ccccc1)Nc1ccccc1-2. The van der Waals surface area contributed by atoms with Crippen LogP contribution in [0.15, 0.2) is 66.0 Å². The summed E-state index contributed by atoms with van der Waals surface area (Å²) in [4.78, 5) is 4.62. The highest BCUT2D eigenvalue weighted by molar-refractivity contribution is 7.99. The van der Waals surface area contributed by atoms with Gasteiger partial charge in [-0.3, -0.25) is 5.10 Å². The van der Waals surface area contributed by atoms with Gasteiger partial charge in [-0.2, -0.15) is 10.1 Å². The lowest BCUT2D eigenvalue weighted by atomic mass is 10.1. The summed E-state index contributed by atoms with van der Waals surface area (Å²) in [5.74, 6) is 1.32. The maximum Gasteiger partial charge on any atom is 0.247 e. The minimum atomic E-state index is -0.484. The zero-order chi connectivity index (χ0) is 19.6. The number of para-hydroxylation sites is 1. The third-order valence-corrected chi connectivity index (χ3v) is 5.34. The fraction of sp³-hybridized carbons (Fsp3) is 0.143. The molecule has 1 aliphatic rings. The highest BCUT2D eigenvalue weighted by atomic mass is 32.2. The summed E-state index contributed by atoms with van der Waals surface area (Å²) in [6.07, 6.45) is 1.30. The molecule has 5 rings (SSSR count). The Bertz CT molecular complexity index is 1150. The van der Waals surface area contributed by atoms with Crippen LogP contribution in [0.5, 0.6) is 5.88 Å². The lowest BCUT2D eigenvalue weighted by molar-refractivity contribution is 0.226. The number of anilines is 1. The van der Waals surface area contributed by atoms with E-state index in [9.17, 15) is 0 Å². The quantitative estimate of drug-likeness (QED) is 0.484. The molecule has 1 atom stereocenters. The molecule has 29 heavy (non-hydrogen) atoms. The molecule has 0 bridgehead atoms. The third kappa shape index (κ3) is 3.31. The van der Waals surface area contributed by atoms with E-state index in [-0.39, 0.29) is 0 Å². The predicted octanol–water partition coefficient (Wildman–Crippen LogP) is 4.54. The molecule has 3 heterocycles. The predicted molar refractivity (Wildman–Crippen MR) is 113 cm³/mol. The summed E-state index contributed by atoms with van der Waals surface area (Å²) in [7, 11) is 0. The number of ether oxygens (including phenoxy) is 1. The van der Waals surface area contributed by atoms with Crippen molar-refractivity contribution in [2.45, 2.75) is 18.3 Å². The van der Waals surface area contributed by atoms with Crippen LogP contribution in [0.4, 0.5) is 5.69 Å². The van der Waals surface area contributed by atoms with Gasteiger partial charge in [-0.1, -0.05) is 67.2 Å². The first-order valence-corrected chi connectivity index (χ1v) is 10.3. The van der Waals surface area contributed by atoms with E-state index in [1.54, 1.807) is 6.20 Å². The molecule has 0 radical (unpaired) electrons. The molecule has 0 fully saturated rings. The number of aromatic amines is 1. The number of nitrogens with zero attached hydrogens (tertiary/aromatic N) is 4. The van der Waals surface area contributed by atoms with Gasteiger partial charge < -0.3 is 10.1 Å². The van der Waals surface area contributed by atoms with E-state index >= 15 is 0 Å². The van der Waals surface area contributed by atoms with Gasteiger partial charge in [-0.25, -0.2) is 0 Å². The summed E-state index contributed by atoms with van der Waals surface area (Å²) in [5, 5.41) is 20.1. The smallest absolute Gasteiger partial charge is 0.247 e. The first-order chi connectivity index (χ1) is 14.3. The van der Waals surface area contributed by atoms with Crippen LogP contribution in [0.1, 0.15) is 18.7 Å². The summed E-state index contributed by atoms with van der Waals surface area (Å²) in [6.45, 7) is 2.05. The molecule has 8 heteroatoms.